The minimum atomic E-state index is -4.08. The van der Waals surface area contributed by atoms with Gasteiger partial charge in [0.05, 0.1) is 14.2 Å². The summed E-state index contributed by atoms with van der Waals surface area (Å²) in [6, 6.07) is 6.10. The zero-order chi connectivity index (χ0) is 21.3. The second-order valence-corrected chi connectivity index (χ2v) is 7.16. The van der Waals surface area contributed by atoms with Crippen molar-refractivity contribution in [1.29, 1.82) is 0 Å². The van der Waals surface area contributed by atoms with Gasteiger partial charge in [0.25, 0.3) is 0 Å². The molecule has 1 aliphatic rings. The summed E-state index contributed by atoms with van der Waals surface area (Å²) in [5.41, 5.74) is 1.12. The first-order chi connectivity index (χ1) is 13.8. The molecule has 6 nitrogen and oxygen atoms in total. The second kappa shape index (κ2) is 11.1. The number of aliphatic imine (C=N–C) groups is 1. The van der Waals surface area contributed by atoms with Gasteiger partial charge in [0.15, 0.2) is 5.96 Å². The van der Waals surface area contributed by atoms with E-state index in [1.165, 1.54) is 0 Å². The number of guanidine groups is 1. The van der Waals surface area contributed by atoms with Crippen LogP contribution in [0.25, 0.3) is 0 Å². The number of ether oxygens (including phenoxy) is 2. The highest BCUT2D eigenvalue weighted by atomic mass is 19.4. The first-order valence-corrected chi connectivity index (χ1v) is 9.81. The fourth-order valence-corrected chi connectivity index (χ4v) is 3.36. The Balaban J connectivity index is 1.75. The Morgan fingerprint density at radius 3 is 2.45 bits per heavy atom. The molecule has 0 aromatic heterocycles. The highest BCUT2D eigenvalue weighted by molar-refractivity contribution is 5.79. The molecule has 1 fully saturated rings. The molecule has 1 aromatic carbocycles. The van der Waals surface area contributed by atoms with Crippen molar-refractivity contribution in [3.8, 4) is 11.5 Å². The number of nitrogens with one attached hydrogen (secondary N) is 2. The number of methoxy groups -OCH3 is 2. The lowest BCUT2D eigenvalue weighted by Gasteiger charge is -2.19. The number of benzene rings is 1. The van der Waals surface area contributed by atoms with Crippen molar-refractivity contribution in [1.82, 2.24) is 15.5 Å². The summed E-state index contributed by atoms with van der Waals surface area (Å²) in [4.78, 5) is 6.51. The van der Waals surface area contributed by atoms with Crippen molar-refractivity contribution >= 4 is 5.96 Å². The van der Waals surface area contributed by atoms with Gasteiger partial charge in [0, 0.05) is 51.8 Å². The van der Waals surface area contributed by atoms with E-state index in [0.29, 0.717) is 18.9 Å². The SMILES string of the molecule is CN=C(NCCCCC(F)(F)F)NC1CCN(Cc2cc(OC)cc(OC)c2)C1. The van der Waals surface area contributed by atoms with Gasteiger partial charge in [0.2, 0.25) is 0 Å². The van der Waals surface area contributed by atoms with Crippen LogP contribution in [0.3, 0.4) is 0 Å². The molecule has 1 aromatic rings. The maximum Gasteiger partial charge on any atom is 0.389 e. The molecule has 1 heterocycles. The van der Waals surface area contributed by atoms with E-state index in [1.54, 1.807) is 21.3 Å². The Morgan fingerprint density at radius 2 is 1.86 bits per heavy atom. The molecule has 0 saturated carbocycles. The predicted molar refractivity (Wildman–Crippen MR) is 108 cm³/mol. The lowest BCUT2D eigenvalue weighted by molar-refractivity contribution is -0.135. The number of hydrogen-bond donors (Lipinski definition) is 2. The minimum absolute atomic E-state index is 0.120. The summed E-state index contributed by atoms with van der Waals surface area (Å²) in [7, 11) is 4.94. The minimum Gasteiger partial charge on any atom is -0.497 e. The van der Waals surface area contributed by atoms with E-state index in [0.717, 1.165) is 43.1 Å². The third-order valence-corrected chi connectivity index (χ3v) is 4.83. The Hall–Kier alpha value is -2.16. The van der Waals surface area contributed by atoms with E-state index in [1.807, 2.05) is 18.2 Å². The first kappa shape index (κ1) is 23.1. The zero-order valence-corrected chi connectivity index (χ0v) is 17.3. The number of halogens is 3. The highest BCUT2D eigenvalue weighted by Gasteiger charge is 2.26. The molecule has 9 heteroatoms. The van der Waals surface area contributed by atoms with Gasteiger partial charge >= 0.3 is 6.18 Å². The van der Waals surface area contributed by atoms with Crippen LogP contribution in [0.4, 0.5) is 13.2 Å². The van der Waals surface area contributed by atoms with E-state index in [4.69, 9.17) is 9.47 Å². The number of rotatable bonds is 9. The number of alkyl halides is 3. The number of hydrogen-bond acceptors (Lipinski definition) is 4. The van der Waals surface area contributed by atoms with Crippen LogP contribution < -0.4 is 20.1 Å². The van der Waals surface area contributed by atoms with Crippen molar-refractivity contribution in [2.75, 3.05) is 40.9 Å². The van der Waals surface area contributed by atoms with Crippen molar-refractivity contribution < 1.29 is 22.6 Å². The second-order valence-electron chi connectivity index (χ2n) is 7.16. The fraction of sp³-hybridized carbons (Fsp3) is 0.650. The van der Waals surface area contributed by atoms with Gasteiger partial charge < -0.3 is 20.1 Å². The van der Waals surface area contributed by atoms with Gasteiger partial charge in [-0.2, -0.15) is 13.2 Å². The van der Waals surface area contributed by atoms with Crippen LogP contribution in [0.2, 0.25) is 0 Å². The molecule has 29 heavy (non-hydrogen) atoms. The largest absolute Gasteiger partial charge is 0.497 e. The molecule has 1 aliphatic heterocycles. The molecule has 0 bridgehead atoms. The van der Waals surface area contributed by atoms with E-state index in [-0.39, 0.29) is 12.5 Å². The Morgan fingerprint density at radius 1 is 1.17 bits per heavy atom. The molecule has 2 N–H and O–H groups in total. The van der Waals surface area contributed by atoms with E-state index >= 15 is 0 Å². The van der Waals surface area contributed by atoms with Crippen LogP contribution in [0, 0.1) is 0 Å². The normalized spacial score (nSPS) is 18.0. The molecular weight excluding hydrogens is 385 g/mol. The maximum absolute atomic E-state index is 12.2. The third kappa shape index (κ3) is 8.39. The summed E-state index contributed by atoms with van der Waals surface area (Å²) in [6.07, 6.45) is -3.29. The number of unbranched alkanes of at least 4 members (excludes halogenated alkanes) is 1. The molecular formula is C20H31F3N4O2. The molecule has 0 radical (unpaired) electrons. The van der Waals surface area contributed by atoms with Gasteiger partial charge in [-0.15, -0.1) is 0 Å². The van der Waals surface area contributed by atoms with Gasteiger partial charge in [0.1, 0.15) is 11.5 Å². The average Bonchev–Trinajstić information content (AvgIpc) is 3.12. The van der Waals surface area contributed by atoms with Gasteiger partial charge in [-0.3, -0.25) is 9.89 Å². The van der Waals surface area contributed by atoms with Gasteiger partial charge in [-0.25, -0.2) is 0 Å². The Kier molecular flexibility index (Phi) is 8.88. The Bertz CT molecular complexity index is 645. The van der Waals surface area contributed by atoms with E-state index in [2.05, 4.69) is 20.5 Å². The topological polar surface area (TPSA) is 58.1 Å². The summed E-state index contributed by atoms with van der Waals surface area (Å²) in [6.45, 7) is 3.05. The third-order valence-electron chi connectivity index (χ3n) is 4.83. The lowest BCUT2D eigenvalue weighted by Crippen LogP contribution is -2.44. The standard InChI is InChI=1S/C20H31F3N4O2/c1-24-19(25-8-5-4-7-20(21,22)23)26-16-6-9-27(14-16)13-15-10-17(28-2)12-18(11-15)29-3/h10-12,16H,4-9,13-14H2,1-3H3,(H2,24,25,26). The van der Waals surface area contributed by atoms with Crippen molar-refractivity contribution in [3.63, 3.8) is 0 Å². The molecule has 1 unspecified atom stereocenters. The average molecular weight is 416 g/mol. The molecule has 2 rings (SSSR count). The number of nitrogens with zero attached hydrogens (tertiary/aromatic N) is 2. The molecule has 0 aliphatic carbocycles. The Labute approximate surface area is 170 Å². The van der Waals surface area contributed by atoms with Gasteiger partial charge in [-0.1, -0.05) is 0 Å². The van der Waals surface area contributed by atoms with Crippen molar-refractivity contribution in [2.45, 2.75) is 44.4 Å². The maximum atomic E-state index is 12.2. The van der Waals surface area contributed by atoms with Crippen molar-refractivity contribution in [3.05, 3.63) is 23.8 Å². The van der Waals surface area contributed by atoms with E-state index < -0.39 is 12.6 Å². The summed E-state index contributed by atoms with van der Waals surface area (Å²) >= 11 is 0. The lowest BCUT2D eigenvalue weighted by atomic mass is 10.2. The number of likely N-dealkylation sites (tertiary alicyclic amines) is 1. The summed E-state index contributed by atoms with van der Waals surface area (Å²) < 4.78 is 47.2. The van der Waals surface area contributed by atoms with Crippen LogP contribution in [0.1, 0.15) is 31.2 Å². The van der Waals surface area contributed by atoms with Crippen LogP contribution in [-0.4, -0.2) is 64.0 Å². The van der Waals surface area contributed by atoms with Crippen LogP contribution in [0.15, 0.2) is 23.2 Å². The summed E-state index contributed by atoms with van der Waals surface area (Å²) in [5.74, 6) is 2.17. The molecule has 0 amide bonds. The first-order valence-electron chi connectivity index (χ1n) is 9.81. The predicted octanol–water partition coefficient (Wildman–Crippen LogP) is 3.18. The molecule has 164 valence electrons. The zero-order valence-electron chi connectivity index (χ0n) is 17.3. The van der Waals surface area contributed by atoms with Crippen LogP contribution >= 0.6 is 0 Å². The molecule has 0 spiro atoms. The summed E-state index contributed by atoms with van der Waals surface area (Å²) in [5, 5.41) is 6.46. The quantitative estimate of drug-likeness (QED) is 0.368. The van der Waals surface area contributed by atoms with E-state index in [9.17, 15) is 13.2 Å². The van der Waals surface area contributed by atoms with Crippen molar-refractivity contribution in [2.24, 2.45) is 4.99 Å². The highest BCUT2D eigenvalue weighted by Crippen LogP contribution is 2.24. The monoisotopic (exact) mass is 416 g/mol. The van der Waals surface area contributed by atoms with Crippen LogP contribution in [-0.2, 0) is 6.54 Å². The fourth-order valence-electron chi connectivity index (χ4n) is 3.36. The van der Waals surface area contributed by atoms with Gasteiger partial charge in [-0.05, 0) is 37.0 Å². The smallest absolute Gasteiger partial charge is 0.389 e. The molecule has 1 saturated heterocycles. The van der Waals surface area contributed by atoms with Crippen LogP contribution in [0.5, 0.6) is 11.5 Å². The molecule has 1 atom stereocenters.